The minimum absolute atomic E-state index is 0.0265. The number of hydrogen-bond donors (Lipinski definition) is 2. The Morgan fingerprint density at radius 2 is 1.93 bits per heavy atom. The van der Waals surface area contributed by atoms with E-state index in [-0.39, 0.29) is 25.0 Å². The van der Waals surface area contributed by atoms with Gasteiger partial charge >= 0.3 is 11.6 Å². The van der Waals surface area contributed by atoms with Crippen LogP contribution in [0.15, 0.2) is 21.3 Å². The number of aliphatic carboxylic acids is 1. The lowest BCUT2D eigenvalue weighted by atomic mass is 9.79. The molecule has 1 amide bonds. The smallest absolute Gasteiger partial charge is 0.340 e. The van der Waals surface area contributed by atoms with Gasteiger partial charge in [-0.1, -0.05) is 6.42 Å². The topological polar surface area (TPSA) is 106 Å². The molecule has 2 N–H and O–H groups in total. The predicted octanol–water partition coefficient (Wildman–Crippen LogP) is 3.26. The monoisotopic (exact) mass is 413 g/mol. The van der Waals surface area contributed by atoms with Gasteiger partial charge in [0.15, 0.2) is 0 Å². The number of aryl methyl sites for hydroxylation is 2. The van der Waals surface area contributed by atoms with Crippen molar-refractivity contribution in [2.75, 3.05) is 6.54 Å². The fourth-order valence-electron chi connectivity index (χ4n) is 4.68. The molecule has 1 spiro atoms. The van der Waals surface area contributed by atoms with Gasteiger partial charge in [-0.3, -0.25) is 9.59 Å². The maximum Gasteiger partial charge on any atom is 0.340 e. The fraction of sp³-hybridized carbons (Fsp3) is 0.522. The molecule has 2 heterocycles. The summed E-state index contributed by atoms with van der Waals surface area (Å²) in [6.07, 6.45) is 7.41. The van der Waals surface area contributed by atoms with Crippen LogP contribution in [0.3, 0.4) is 0 Å². The zero-order chi connectivity index (χ0) is 21.3. The van der Waals surface area contributed by atoms with Crippen molar-refractivity contribution in [1.82, 2.24) is 5.32 Å². The molecule has 7 nitrogen and oxygen atoms in total. The van der Waals surface area contributed by atoms with E-state index < -0.39 is 17.5 Å². The van der Waals surface area contributed by atoms with Crippen LogP contribution in [0.25, 0.3) is 11.0 Å². The maximum absolute atomic E-state index is 12.6. The Labute approximate surface area is 174 Å². The molecule has 7 heteroatoms. The number of amides is 1. The van der Waals surface area contributed by atoms with E-state index in [9.17, 15) is 14.4 Å². The highest BCUT2D eigenvalue weighted by molar-refractivity contribution is 5.86. The van der Waals surface area contributed by atoms with Gasteiger partial charge in [-0.25, -0.2) is 4.79 Å². The molecule has 1 fully saturated rings. The van der Waals surface area contributed by atoms with Crippen molar-refractivity contribution in [3.8, 4) is 5.75 Å². The summed E-state index contributed by atoms with van der Waals surface area (Å²) in [6, 6.07) is 3.84. The first-order valence-electron chi connectivity index (χ1n) is 10.6. The molecule has 0 radical (unpaired) electrons. The van der Waals surface area contributed by atoms with Crippen molar-refractivity contribution in [1.29, 1.82) is 0 Å². The minimum atomic E-state index is -0.987. The third-order valence-corrected chi connectivity index (χ3v) is 6.41. The number of ether oxygens (including phenoxy) is 1. The molecule has 2 aromatic rings. The van der Waals surface area contributed by atoms with E-state index in [0.717, 1.165) is 47.9 Å². The first-order valence-corrected chi connectivity index (χ1v) is 10.6. The molecule has 160 valence electrons. The maximum atomic E-state index is 12.6. The van der Waals surface area contributed by atoms with Gasteiger partial charge in [-0.05, 0) is 62.6 Å². The molecule has 2 aliphatic rings. The van der Waals surface area contributed by atoms with Gasteiger partial charge in [0.2, 0.25) is 5.91 Å². The van der Waals surface area contributed by atoms with Crippen LogP contribution in [-0.4, -0.2) is 29.1 Å². The van der Waals surface area contributed by atoms with Crippen LogP contribution < -0.4 is 15.7 Å². The highest BCUT2D eigenvalue weighted by atomic mass is 16.5. The van der Waals surface area contributed by atoms with E-state index >= 15 is 0 Å². The summed E-state index contributed by atoms with van der Waals surface area (Å²) in [6.45, 7) is 1.84. The van der Waals surface area contributed by atoms with Gasteiger partial charge < -0.3 is 19.6 Å². The third kappa shape index (κ3) is 4.06. The Hall–Kier alpha value is -2.83. The Bertz CT molecular complexity index is 1050. The Kier molecular flexibility index (Phi) is 5.54. The van der Waals surface area contributed by atoms with E-state index in [1.165, 1.54) is 19.3 Å². The Morgan fingerprint density at radius 3 is 2.67 bits per heavy atom. The van der Waals surface area contributed by atoms with Gasteiger partial charge in [0.1, 0.15) is 16.9 Å². The molecule has 1 aliphatic heterocycles. The van der Waals surface area contributed by atoms with Gasteiger partial charge in [0.25, 0.3) is 0 Å². The van der Waals surface area contributed by atoms with E-state index in [0.29, 0.717) is 11.1 Å². The van der Waals surface area contributed by atoms with E-state index in [1.54, 1.807) is 0 Å². The molecule has 1 saturated carbocycles. The van der Waals surface area contributed by atoms with E-state index in [4.69, 9.17) is 14.3 Å². The number of fused-ring (bicyclic) bond motifs is 2. The Balaban J connectivity index is 1.60. The SMILES string of the molecule is Cc1c(CC(=O)NCCC(=O)O)c(=O)oc2cc3c(cc12)CCC1(CCCCC1)O3. The van der Waals surface area contributed by atoms with E-state index in [2.05, 4.69) is 5.32 Å². The molecule has 4 rings (SSSR count). The largest absolute Gasteiger partial charge is 0.487 e. The molecular weight excluding hydrogens is 386 g/mol. The van der Waals surface area contributed by atoms with Crippen molar-refractivity contribution < 1.29 is 23.8 Å². The molecular formula is C23H27NO6. The molecule has 0 saturated heterocycles. The standard InChI is InChI=1S/C23H27NO6/c1-14-16-11-15-5-9-23(7-3-2-4-8-23)30-18(15)13-19(16)29-22(28)17(14)12-20(25)24-10-6-21(26)27/h11,13H,2-10,12H2,1H3,(H,24,25)(H,26,27). The first-order chi connectivity index (χ1) is 14.4. The van der Waals surface area contributed by atoms with Crippen molar-refractivity contribution in [2.45, 2.75) is 70.3 Å². The lowest BCUT2D eigenvalue weighted by Crippen LogP contribution is -2.41. The number of carboxylic acid groups (broad SMARTS) is 1. The summed E-state index contributed by atoms with van der Waals surface area (Å²) in [7, 11) is 0. The van der Waals surface area contributed by atoms with Crippen LogP contribution in [0.1, 0.15) is 61.6 Å². The minimum Gasteiger partial charge on any atom is -0.487 e. The van der Waals surface area contributed by atoms with Crippen LogP contribution in [0.2, 0.25) is 0 Å². The zero-order valence-electron chi connectivity index (χ0n) is 17.2. The number of carboxylic acids is 1. The molecule has 1 aliphatic carbocycles. The van der Waals surface area contributed by atoms with Crippen LogP contribution in [0.5, 0.6) is 5.75 Å². The molecule has 0 bridgehead atoms. The molecule has 1 aromatic carbocycles. The number of rotatable bonds is 5. The summed E-state index contributed by atoms with van der Waals surface area (Å²) in [4.78, 5) is 35.3. The van der Waals surface area contributed by atoms with Gasteiger partial charge in [0, 0.05) is 18.0 Å². The second-order valence-electron chi connectivity index (χ2n) is 8.47. The predicted molar refractivity (Wildman–Crippen MR) is 111 cm³/mol. The second-order valence-corrected chi connectivity index (χ2v) is 8.47. The molecule has 30 heavy (non-hydrogen) atoms. The number of hydrogen-bond acceptors (Lipinski definition) is 5. The van der Waals surface area contributed by atoms with Gasteiger partial charge in [-0.15, -0.1) is 0 Å². The van der Waals surface area contributed by atoms with E-state index in [1.807, 2.05) is 19.1 Å². The quantitative estimate of drug-likeness (QED) is 0.729. The number of nitrogens with one attached hydrogen (secondary N) is 1. The summed E-state index contributed by atoms with van der Waals surface area (Å²) in [5, 5.41) is 12.0. The molecule has 0 unspecified atom stereocenters. The van der Waals surface area contributed by atoms with Gasteiger partial charge in [-0.2, -0.15) is 0 Å². The molecule has 1 aromatic heterocycles. The number of benzene rings is 1. The number of carbonyl (C=O) groups excluding carboxylic acids is 1. The van der Waals surface area contributed by atoms with Crippen LogP contribution in [0.4, 0.5) is 0 Å². The normalized spacial score (nSPS) is 17.4. The first kappa shape index (κ1) is 20.4. The lowest BCUT2D eigenvalue weighted by molar-refractivity contribution is -0.136. The average molecular weight is 413 g/mol. The van der Waals surface area contributed by atoms with Crippen LogP contribution >= 0.6 is 0 Å². The van der Waals surface area contributed by atoms with Crippen LogP contribution in [-0.2, 0) is 22.4 Å². The zero-order valence-corrected chi connectivity index (χ0v) is 17.2. The average Bonchev–Trinajstić information content (AvgIpc) is 2.70. The van der Waals surface area contributed by atoms with Gasteiger partial charge in [0.05, 0.1) is 18.4 Å². The second kappa shape index (κ2) is 8.13. The van der Waals surface area contributed by atoms with Crippen molar-refractivity contribution in [3.05, 3.63) is 39.2 Å². The Morgan fingerprint density at radius 1 is 1.17 bits per heavy atom. The summed E-state index contributed by atoms with van der Waals surface area (Å²) < 4.78 is 12.0. The third-order valence-electron chi connectivity index (χ3n) is 6.41. The summed E-state index contributed by atoms with van der Waals surface area (Å²) in [5.74, 6) is -0.581. The fourth-order valence-corrected chi connectivity index (χ4v) is 4.68. The van der Waals surface area contributed by atoms with Crippen molar-refractivity contribution >= 4 is 22.8 Å². The van der Waals surface area contributed by atoms with Crippen molar-refractivity contribution in [3.63, 3.8) is 0 Å². The summed E-state index contributed by atoms with van der Waals surface area (Å²) >= 11 is 0. The van der Waals surface area contributed by atoms with Crippen LogP contribution in [0, 0.1) is 6.92 Å². The number of carbonyl (C=O) groups is 2. The molecule has 0 atom stereocenters. The lowest BCUT2D eigenvalue weighted by Gasteiger charge is -2.41. The summed E-state index contributed by atoms with van der Waals surface area (Å²) in [5.41, 5.74) is 1.97. The highest BCUT2D eigenvalue weighted by Crippen LogP contribution is 2.43. The van der Waals surface area contributed by atoms with Crippen molar-refractivity contribution in [2.24, 2.45) is 0 Å². The highest BCUT2D eigenvalue weighted by Gasteiger charge is 2.37.